The molecule has 8 fully saturated rings. The Morgan fingerprint density at radius 1 is 0.609 bits per heavy atom. The molecule has 0 radical (unpaired) electrons. The highest BCUT2D eigenvalue weighted by atomic mass is 16.8. The monoisotopic (exact) mass is 1310 g/mol. The molecule has 5 aliphatic carbocycles. The normalized spacial score (nSPS) is 48.4. The fourth-order valence-electron chi connectivity index (χ4n) is 18.1. The van der Waals surface area contributed by atoms with Gasteiger partial charge in [0.05, 0.1) is 43.0 Å². The van der Waals surface area contributed by atoms with Gasteiger partial charge in [-0.1, -0.05) is 79.2 Å². The number of hydrogen-bond donors (Lipinski definition) is 11. The number of aliphatic carboxylic acids is 1. The van der Waals surface area contributed by atoms with Crippen LogP contribution in [0.3, 0.4) is 0 Å². The zero-order valence-corrected chi connectivity index (χ0v) is 55.4. The lowest BCUT2D eigenvalue weighted by molar-refractivity contribution is -0.385. The van der Waals surface area contributed by atoms with Crippen LogP contribution in [0.1, 0.15) is 148 Å². The first-order valence-electron chi connectivity index (χ1n) is 32.7. The van der Waals surface area contributed by atoms with Gasteiger partial charge in [-0.2, -0.15) is 0 Å². The van der Waals surface area contributed by atoms with Crippen LogP contribution in [-0.2, 0) is 71.3 Å². The van der Waals surface area contributed by atoms with Crippen LogP contribution < -0.4 is 0 Å². The maximum Gasteiger partial charge on any atom is 0.335 e. The Labute approximate surface area is 537 Å². The number of allylic oxidation sites excluding steroid dienone is 4. The van der Waals surface area contributed by atoms with Crippen LogP contribution in [0.25, 0.3) is 0 Å². The Bertz CT molecular complexity index is 2790. The van der Waals surface area contributed by atoms with E-state index in [2.05, 4.69) is 40.7 Å². The van der Waals surface area contributed by atoms with Gasteiger partial charge in [-0.05, 0) is 131 Å². The van der Waals surface area contributed by atoms with Crippen LogP contribution in [0.5, 0.6) is 0 Å². The van der Waals surface area contributed by atoms with Gasteiger partial charge in [0.2, 0.25) is 0 Å². The third-order valence-electron chi connectivity index (χ3n) is 23.8. The summed E-state index contributed by atoms with van der Waals surface area (Å²) in [6.45, 7) is 24.2. The van der Waals surface area contributed by atoms with E-state index in [-0.39, 0.29) is 35.8 Å². The molecule has 0 aromatic rings. The molecule has 0 bridgehead atoms. The molecule has 4 aliphatic heterocycles. The zero-order valence-electron chi connectivity index (χ0n) is 55.4. The number of carboxylic acids is 1. The number of carboxylic acid groups (broad SMARTS) is 1. The molecular formula is C66H102O26. The molecule has 0 amide bonds. The van der Waals surface area contributed by atoms with Gasteiger partial charge in [0.25, 0.3) is 0 Å². The molecule has 9 rings (SSSR count). The first-order chi connectivity index (χ1) is 43.0. The average Bonchev–Trinajstić information content (AvgIpc) is 0.736. The van der Waals surface area contributed by atoms with Crippen molar-refractivity contribution < 1.29 is 127 Å². The molecule has 0 aromatic heterocycles. The van der Waals surface area contributed by atoms with Crippen molar-refractivity contribution >= 4 is 23.9 Å². The fourth-order valence-corrected chi connectivity index (χ4v) is 18.1. The van der Waals surface area contributed by atoms with Gasteiger partial charge in [0.1, 0.15) is 73.2 Å². The lowest BCUT2D eigenvalue weighted by atomic mass is 9.33. The van der Waals surface area contributed by atoms with E-state index in [4.69, 9.17) is 52.1 Å². The minimum atomic E-state index is -2.08. The predicted molar refractivity (Wildman–Crippen MR) is 319 cm³/mol. The second kappa shape index (κ2) is 27.0. The topological polar surface area (TPSA) is 392 Å². The second-order valence-electron chi connectivity index (χ2n) is 29.6. The molecule has 0 aromatic carbocycles. The van der Waals surface area contributed by atoms with Gasteiger partial charge in [-0.25, -0.2) is 14.4 Å². The van der Waals surface area contributed by atoms with Crippen LogP contribution in [0, 0.1) is 50.2 Å². The maximum absolute atomic E-state index is 13.5. The van der Waals surface area contributed by atoms with E-state index in [1.807, 2.05) is 13.8 Å². The SMILES string of the molecule is C/C=C(/C)C(=O)O[C@@H]1C(O)[C@H](O[C@H]2[C@H](OC(C)=O)[C@@]3(CO)C(CC2(C)C)C2=CCC4[C@@]5(C)CCC(O[C@@H]6OC(C(=O)O)[C@@H](O)[C@@H](O[C@@H]7O[C@@H](CO)C(O)[C@@H]7O)C6O[C@@H]6OC(CC)[C@H](O)[C@@H](O)C6O)C(C)(C)C5CC[C@@]4(C)[C@]2(C)C[C@H]3O)OC(C)[C@@H]1OC(=O)/C(C)=C\C. The maximum atomic E-state index is 13.5. The number of aliphatic hydroxyl groups excluding tert-OH is 10. The summed E-state index contributed by atoms with van der Waals surface area (Å²) in [4.78, 5) is 53.1. The first-order valence-corrected chi connectivity index (χ1v) is 32.7. The Morgan fingerprint density at radius 2 is 1.18 bits per heavy atom. The molecule has 4 heterocycles. The third kappa shape index (κ3) is 12.2. The molecule has 522 valence electrons. The number of fused-ring (bicyclic) bond motifs is 7. The Balaban J connectivity index is 1.01. The van der Waals surface area contributed by atoms with E-state index in [9.17, 15) is 75.3 Å². The van der Waals surface area contributed by atoms with Crippen molar-refractivity contribution in [2.24, 2.45) is 50.2 Å². The lowest BCUT2D eigenvalue weighted by Crippen LogP contribution is -2.73. The minimum Gasteiger partial charge on any atom is -0.479 e. The van der Waals surface area contributed by atoms with Gasteiger partial charge in [0, 0.05) is 18.1 Å². The molecular weight excluding hydrogens is 1210 g/mol. The summed E-state index contributed by atoms with van der Waals surface area (Å²) < 4.78 is 68.4. The van der Waals surface area contributed by atoms with Crippen molar-refractivity contribution in [2.75, 3.05) is 13.2 Å². The number of rotatable bonds is 17. The van der Waals surface area contributed by atoms with Crippen LogP contribution in [0.4, 0.5) is 0 Å². The predicted octanol–water partition coefficient (Wildman–Crippen LogP) is 2.13. The summed E-state index contributed by atoms with van der Waals surface area (Å²) >= 11 is 0. The highest BCUT2D eigenvalue weighted by Gasteiger charge is 2.74. The van der Waals surface area contributed by atoms with Crippen molar-refractivity contribution in [3.05, 3.63) is 34.9 Å². The second-order valence-corrected chi connectivity index (χ2v) is 29.6. The van der Waals surface area contributed by atoms with Crippen molar-refractivity contribution in [2.45, 2.75) is 289 Å². The Morgan fingerprint density at radius 3 is 1.75 bits per heavy atom. The van der Waals surface area contributed by atoms with Gasteiger partial charge in [-0.15, -0.1) is 0 Å². The standard InChI is InChI=1S/C66H102O26/c1-15-28(4)55(80)87-47-30(6)82-59(46(77)49(47)88-56(81)29(5)16-2)92-52-53(83-31(7)69)66(27-68)33(24-61(52,8)9)32-18-19-37-63(12)22-21-39(62(10,11)36(63)20-23-64(37,13)65(32,14)25-38(66)70)86-60-51(91-58-44(75)42(73)40(71)34(17-3)84-58)48(45(76)50(90-60)54(78)79)89-57-43(74)41(72)35(26-67)85-57/h15-16,18,30,33-53,57-60,67-68,70-77H,17,19-27H2,1-14H3,(H,78,79)/b28-15-,29-16-/t30?,33?,34?,35-,36?,37?,38+,39?,40-,41?,42+,43-,44?,45-,46?,47-,48+,49+,50?,51?,52-,53-,57-,58-,59-,60+,63-,64+,65+,66-/m0/s1. The number of carbonyl (C=O) groups excluding carboxylic acids is 3. The first kappa shape index (κ1) is 72.6. The quantitative estimate of drug-likeness (QED) is 0.0327. The number of hydrogen-bond acceptors (Lipinski definition) is 25. The van der Waals surface area contributed by atoms with Crippen molar-refractivity contribution in [3.63, 3.8) is 0 Å². The Hall–Kier alpha value is -3.62. The summed E-state index contributed by atoms with van der Waals surface area (Å²) in [7, 11) is 0. The van der Waals surface area contributed by atoms with E-state index < -0.39 is 217 Å². The van der Waals surface area contributed by atoms with Gasteiger partial charge < -0.3 is 108 Å². The number of aliphatic hydroxyl groups is 10. The van der Waals surface area contributed by atoms with Gasteiger partial charge in [0.15, 0.2) is 43.5 Å². The summed E-state index contributed by atoms with van der Waals surface area (Å²) in [5.74, 6) is -4.54. The third-order valence-corrected chi connectivity index (χ3v) is 23.8. The molecule has 4 saturated heterocycles. The lowest BCUT2D eigenvalue weighted by Gasteiger charge is -2.72. The van der Waals surface area contributed by atoms with Crippen LogP contribution in [0.15, 0.2) is 34.9 Å². The van der Waals surface area contributed by atoms with Crippen LogP contribution in [0.2, 0.25) is 0 Å². The summed E-state index contributed by atoms with van der Waals surface area (Å²) in [6.07, 6.45) is -26.9. The molecule has 4 saturated carbocycles. The van der Waals surface area contributed by atoms with Crippen LogP contribution in [-0.4, -0.2) is 234 Å². The summed E-state index contributed by atoms with van der Waals surface area (Å²) in [6, 6.07) is 0. The van der Waals surface area contributed by atoms with E-state index in [1.165, 1.54) is 19.9 Å². The Kier molecular flexibility index (Phi) is 21.3. The molecule has 26 nitrogen and oxygen atoms in total. The van der Waals surface area contributed by atoms with Crippen molar-refractivity contribution in [1.29, 1.82) is 0 Å². The van der Waals surface area contributed by atoms with Crippen molar-refractivity contribution in [1.82, 2.24) is 0 Å². The molecule has 92 heavy (non-hydrogen) atoms. The van der Waals surface area contributed by atoms with Crippen molar-refractivity contribution in [3.8, 4) is 0 Å². The van der Waals surface area contributed by atoms with Gasteiger partial charge >= 0.3 is 23.9 Å². The number of carbonyl (C=O) groups is 4. The molecule has 30 atom stereocenters. The van der Waals surface area contributed by atoms with E-state index in [0.29, 0.717) is 38.5 Å². The zero-order chi connectivity index (χ0) is 68.0. The fraction of sp³-hybridized carbons (Fsp3) is 0.848. The number of ether oxygens (including phenoxy) is 11. The molecule has 11 N–H and O–H groups in total. The molecule has 0 spiro atoms. The van der Waals surface area contributed by atoms with Crippen LogP contribution >= 0.6 is 0 Å². The number of esters is 3. The summed E-state index contributed by atoms with van der Waals surface area (Å²) in [5.41, 5.74) is -3.41. The van der Waals surface area contributed by atoms with Gasteiger partial charge in [-0.3, -0.25) is 4.79 Å². The van der Waals surface area contributed by atoms with E-state index in [1.54, 1.807) is 40.7 Å². The summed E-state index contributed by atoms with van der Waals surface area (Å²) in [5, 5.41) is 124. The highest BCUT2D eigenvalue weighted by Crippen LogP contribution is 2.76. The molecule has 26 heteroatoms. The highest BCUT2D eigenvalue weighted by molar-refractivity contribution is 5.88. The molecule has 11 unspecified atom stereocenters. The smallest absolute Gasteiger partial charge is 0.335 e. The van der Waals surface area contributed by atoms with E-state index >= 15 is 0 Å². The molecule has 9 aliphatic rings. The largest absolute Gasteiger partial charge is 0.479 e. The van der Waals surface area contributed by atoms with E-state index in [0.717, 1.165) is 5.57 Å². The minimum absolute atomic E-state index is 0.0235. The average molecular weight is 1310 g/mol.